The maximum atomic E-state index is 11.7. The molecule has 18 heavy (non-hydrogen) atoms. The molecule has 0 fully saturated rings. The molecule has 0 aromatic heterocycles. The van der Waals surface area contributed by atoms with Crippen molar-refractivity contribution in [2.24, 2.45) is 0 Å². The summed E-state index contributed by atoms with van der Waals surface area (Å²) in [5.74, 6) is 2.52. The van der Waals surface area contributed by atoms with Gasteiger partial charge in [0.25, 0.3) is 0 Å². The number of rotatable bonds is 4. The van der Waals surface area contributed by atoms with Crippen molar-refractivity contribution >= 4 is 11.7 Å². The van der Waals surface area contributed by atoms with Crippen LogP contribution in [-0.4, -0.2) is 12.1 Å². The molecule has 0 bridgehead atoms. The molecule has 1 atom stereocenters. The van der Waals surface area contributed by atoms with Gasteiger partial charge < -0.3 is 10.6 Å². The van der Waals surface area contributed by atoms with Gasteiger partial charge in [-0.25, -0.2) is 4.79 Å². The van der Waals surface area contributed by atoms with Crippen LogP contribution in [0.25, 0.3) is 0 Å². The number of nitrogens with one attached hydrogen (secondary N) is 2. The van der Waals surface area contributed by atoms with E-state index in [9.17, 15) is 4.79 Å². The lowest BCUT2D eigenvalue weighted by Gasteiger charge is -2.13. The Morgan fingerprint density at radius 1 is 1.56 bits per heavy atom. The molecule has 0 radical (unpaired) electrons. The minimum Gasteiger partial charge on any atom is -0.324 e. The number of carbonyl (C=O) groups excluding carboxylic acids is 1. The van der Waals surface area contributed by atoms with Gasteiger partial charge in [-0.15, -0.1) is 6.42 Å². The normalized spacial score (nSPS) is 10.8. The number of anilines is 1. The molecule has 1 unspecified atom stereocenters. The molecule has 0 spiro atoms. The zero-order chi connectivity index (χ0) is 13.4. The fraction of sp³-hybridized carbons (Fsp3) is 0.286. The molecule has 0 aliphatic rings. The van der Waals surface area contributed by atoms with Gasteiger partial charge in [-0.1, -0.05) is 25.3 Å². The second-order valence-electron chi connectivity index (χ2n) is 3.80. The SMILES string of the molecule is C#CC(CCC)NC(=O)Nc1cccc(C#N)c1. The summed E-state index contributed by atoms with van der Waals surface area (Å²) in [5, 5.41) is 14.1. The van der Waals surface area contributed by atoms with Crippen LogP contribution in [0.15, 0.2) is 24.3 Å². The first-order valence-corrected chi connectivity index (χ1v) is 5.73. The molecule has 0 aliphatic heterocycles. The summed E-state index contributed by atoms with van der Waals surface area (Å²) in [4.78, 5) is 11.7. The Morgan fingerprint density at radius 2 is 2.33 bits per heavy atom. The topological polar surface area (TPSA) is 64.9 Å². The number of amides is 2. The Labute approximate surface area is 107 Å². The van der Waals surface area contributed by atoms with E-state index in [-0.39, 0.29) is 12.1 Å². The smallest absolute Gasteiger partial charge is 0.320 e. The molecule has 0 saturated carbocycles. The highest BCUT2D eigenvalue weighted by Gasteiger charge is 2.08. The first kappa shape index (κ1) is 13.6. The second-order valence-corrected chi connectivity index (χ2v) is 3.80. The van der Waals surface area contributed by atoms with Gasteiger partial charge in [0.1, 0.15) is 0 Å². The summed E-state index contributed by atoms with van der Waals surface area (Å²) in [5.41, 5.74) is 1.06. The molecule has 0 aliphatic carbocycles. The molecule has 0 heterocycles. The van der Waals surface area contributed by atoms with Crippen molar-refractivity contribution in [3.63, 3.8) is 0 Å². The lowest BCUT2D eigenvalue weighted by atomic mass is 10.2. The number of hydrogen-bond acceptors (Lipinski definition) is 2. The standard InChI is InChI=1S/C14H15N3O/c1-3-6-12(4-2)16-14(18)17-13-8-5-7-11(9-13)10-15/h2,5,7-9,12H,3,6H2,1H3,(H2,16,17,18). The number of hydrogen-bond donors (Lipinski definition) is 2. The van der Waals surface area contributed by atoms with Crippen molar-refractivity contribution in [1.82, 2.24) is 5.32 Å². The average molecular weight is 241 g/mol. The van der Waals surface area contributed by atoms with Crippen LogP contribution in [0.3, 0.4) is 0 Å². The Bertz CT molecular complexity index is 496. The number of nitrogens with zero attached hydrogens (tertiary/aromatic N) is 1. The van der Waals surface area contributed by atoms with Crippen molar-refractivity contribution in [2.45, 2.75) is 25.8 Å². The third-order valence-corrected chi connectivity index (χ3v) is 2.33. The molecular formula is C14H15N3O. The first-order valence-electron chi connectivity index (χ1n) is 5.73. The van der Waals surface area contributed by atoms with Gasteiger partial charge in [0, 0.05) is 5.69 Å². The summed E-state index contributed by atoms with van der Waals surface area (Å²) in [7, 11) is 0. The van der Waals surface area contributed by atoms with E-state index in [1.807, 2.05) is 13.0 Å². The van der Waals surface area contributed by atoms with E-state index in [4.69, 9.17) is 11.7 Å². The largest absolute Gasteiger partial charge is 0.324 e. The Balaban J connectivity index is 2.59. The molecule has 1 aromatic carbocycles. The van der Waals surface area contributed by atoms with Gasteiger partial charge in [-0.2, -0.15) is 5.26 Å². The molecule has 1 rings (SSSR count). The van der Waals surface area contributed by atoms with Gasteiger partial charge in [-0.3, -0.25) is 0 Å². The summed E-state index contributed by atoms with van der Waals surface area (Å²) in [6.07, 6.45) is 6.95. The lowest BCUT2D eigenvalue weighted by Crippen LogP contribution is -2.36. The predicted molar refractivity (Wildman–Crippen MR) is 70.8 cm³/mol. The number of urea groups is 1. The summed E-state index contributed by atoms with van der Waals surface area (Å²) in [6.45, 7) is 2.00. The van der Waals surface area contributed by atoms with Crippen LogP contribution in [0.1, 0.15) is 25.3 Å². The van der Waals surface area contributed by atoms with Gasteiger partial charge in [0.05, 0.1) is 17.7 Å². The first-order chi connectivity index (χ1) is 8.69. The second kappa shape index (κ2) is 6.98. The highest BCUT2D eigenvalue weighted by atomic mass is 16.2. The summed E-state index contributed by atoms with van der Waals surface area (Å²) >= 11 is 0. The molecule has 2 N–H and O–H groups in total. The predicted octanol–water partition coefficient (Wildman–Crippen LogP) is 2.48. The molecule has 2 amide bonds. The van der Waals surface area contributed by atoms with Crippen molar-refractivity contribution in [2.75, 3.05) is 5.32 Å². The van der Waals surface area contributed by atoms with Gasteiger partial charge >= 0.3 is 6.03 Å². The van der Waals surface area contributed by atoms with E-state index in [1.54, 1.807) is 24.3 Å². The van der Waals surface area contributed by atoms with Crippen LogP contribution in [0.2, 0.25) is 0 Å². The van der Waals surface area contributed by atoms with E-state index in [0.29, 0.717) is 11.3 Å². The zero-order valence-electron chi connectivity index (χ0n) is 10.2. The van der Waals surface area contributed by atoms with Crippen LogP contribution >= 0.6 is 0 Å². The molecule has 4 heteroatoms. The van der Waals surface area contributed by atoms with E-state index in [0.717, 1.165) is 12.8 Å². The fourth-order valence-electron chi connectivity index (χ4n) is 1.48. The zero-order valence-corrected chi connectivity index (χ0v) is 10.2. The summed E-state index contributed by atoms with van der Waals surface area (Å²) in [6, 6.07) is 8.07. The van der Waals surface area contributed by atoms with Crippen LogP contribution in [0.4, 0.5) is 10.5 Å². The molecule has 1 aromatic rings. The molecular weight excluding hydrogens is 226 g/mol. The lowest BCUT2D eigenvalue weighted by molar-refractivity contribution is 0.250. The molecule has 4 nitrogen and oxygen atoms in total. The third kappa shape index (κ3) is 4.19. The van der Waals surface area contributed by atoms with Gasteiger partial charge in [-0.05, 0) is 24.6 Å². The monoisotopic (exact) mass is 241 g/mol. The highest BCUT2D eigenvalue weighted by molar-refractivity contribution is 5.89. The number of benzene rings is 1. The van der Waals surface area contributed by atoms with Crippen LogP contribution in [0.5, 0.6) is 0 Å². The van der Waals surface area contributed by atoms with Crippen molar-refractivity contribution < 1.29 is 4.79 Å². The van der Waals surface area contributed by atoms with E-state index in [1.165, 1.54) is 0 Å². The van der Waals surface area contributed by atoms with Crippen LogP contribution in [0, 0.1) is 23.7 Å². The Kier molecular flexibility index (Phi) is 5.28. The quantitative estimate of drug-likeness (QED) is 0.795. The van der Waals surface area contributed by atoms with Crippen LogP contribution < -0.4 is 10.6 Å². The number of carbonyl (C=O) groups is 1. The van der Waals surface area contributed by atoms with Crippen LogP contribution in [-0.2, 0) is 0 Å². The Morgan fingerprint density at radius 3 is 2.94 bits per heavy atom. The summed E-state index contributed by atoms with van der Waals surface area (Å²) < 4.78 is 0. The molecule has 0 saturated heterocycles. The van der Waals surface area contributed by atoms with E-state index < -0.39 is 0 Å². The highest BCUT2D eigenvalue weighted by Crippen LogP contribution is 2.09. The Hall–Kier alpha value is -2.46. The maximum absolute atomic E-state index is 11.7. The molecule has 92 valence electrons. The average Bonchev–Trinajstić information content (AvgIpc) is 2.38. The van der Waals surface area contributed by atoms with Crippen molar-refractivity contribution in [3.8, 4) is 18.4 Å². The third-order valence-electron chi connectivity index (χ3n) is 2.33. The fourth-order valence-corrected chi connectivity index (χ4v) is 1.48. The van der Waals surface area contributed by atoms with Crippen molar-refractivity contribution in [3.05, 3.63) is 29.8 Å². The number of nitriles is 1. The van der Waals surface area contributed by atoms with Gasteiger partial charge in [0.2, 0.25) is 0 Å². The van der Waals surface area contributed by atoms with E-state index >= 15 is 0 Å². The maximum Gasteiger partial charge on any atom is 0.320 e. The van der Waals surface area contributed by atoms with E-state index in [2.05, 4.69) is 16.6 Å². The van der Waals surface area contributed by atoms with Crippen molar-refractivity contribution in [1.29, 1.82) is 5.26 Å². The van der Waals surface area contributed by atoms with Gasteiger partial charge in [0.15, 0.2) is 0 Å². The number of terminal acetylenes is 1. The minimum absolute atomic E-state index is 0.269. The minimum atomic E-state index is -0.360.